The van der Waals surface area contributed by atoms with Gasteiger partial charge in [-0.3, -0.25) is 19.0 Å². The fourth-order valence-electron chi connectivity index (χ4n) is 5.29. The first-order chi connectivity index (χ1) is 18.1. The summed E-state index contributed by atoms with van der Waals surface area (Å²) in [7, 11) is 0. The van der Waals surface area contributed by atoms with Crippen LogP contribution in [0.1, 0.15) is 71.4 Å². The largest absolute Gasteiger partial charge is 0.352 e. The van der Waals surface area contributed by atoms with Gasteiger partial charge in [0.2, 0.25) is 5.78 Å². The maximum atomic E-state index is 13.7. The maximum Gasteiger partial charge on any atom is 0.352 e. The Bertz CT molecular complexity index is 1690. The average molecular weight is 516 g/mol. The molecule has 0 radical (unpaired) electrons. The number of aryl methyl sites for hydroxylation is 2. The summed E-state index contributed by atoms with van der Waals surface area (Å²) in [6, 6.07) is 10.5. The molecular formula is C29H33N5O4. The molecule has 1 amide bonds. The monoisotopic (exact) mass is 515 g/mol. The van der Waals surface area contributed by atoms with Crippen LogP contribution in [0.4, 0.5) is 0 Å². The van der Waals surface area contributed by atoms with Gasteiger partial charge in [0, 0.05) is 23.7 Å². The topological polar surface area (TPSA) is 107 Å². The summed E-state index contributed by atoms with van der Waals surface area (Å²) in [4.78, 5) is 53.3. The number of carbonyl (C=O) groups excluding carboxylic acids is 2. The molecule has 1 saturated carbocycles. The summed E-state index contributed by atoms with van der Waals surface area (Å²) < 4.78 is 3.94. The fourth-order valence-corrected chi connectivity index (χ4v) is 5.29. The van der Waals surface area contributed by atoms with E-state index in [1.807, 2.05) is 39.8 Å². The third kappa shape index (κ3) is 4.68. The van der Waals surface area contributed by atoms with E-state index in [4.69, 9.17) is 0 Å². The number of aromatic nitrogens is 4. The quantitative estimate of drug-likeness (QED) is 0.378. The van der Waals surface area contributed by atoms with Gasteiger partial charge in [0.15, 0.2) is 5.78 Å². The number of Topliss-reactive ketones (excluding diaryl/α,β-unsaturated/α-hetero) is 1. The minimum absolute atomic E-state index is 0.113. The Morgan fingerprint density at radius 3 is 2.50 bits per heavy atom. The van der Waals surface area contributed by atoms with Crippen molar-refractivity contribution in [2.24, 2.45) is 5.92 Å². The normalized spacial score (nSPS) is 14.1. The number of rotatable bonds is 7. The van der Waals surface area contributed by atoms with Crippen molar-refractivity contribution in [2.45, 2.75) is 72.5 Å². The van der Waals surface area contributed by atoms with Crippen molar-refractivity contribution in [3.05, 3.63) is 79.5 Å². The molecule has 1 fully saturated rings. The van der Waals surface area contributed by atoms with Crippen LogP contribution >= 0.6 is 0 Å². The molecule has 198 valence electrons. The molecule has 9 heteroatoms. The van der Waals surface area contributed by atoms with Crippen molar-refractivity contribution in [1.29, 1.82) is 0 Å². The zero-order chi connectivity index (χ0) is 27.1. The van der Waals surface area contributed by atoms with Crippen molar-refractivity contribution in [1.82, 2.24) is 24.1 Å². The van der Waals surface area contributed by atoms with Gasteiger partial charge >= 0.3 is 5.69 Å². The summed E-state index contributed by atoms with van der Waals surface area (Å²) in [6.45, 7) is 7.80. The lowest BCUT2D eigenvalue weighted by atomic mass is 10.0. The van der Waals surface area contributed by atoms with Crippen LogP contribution < -0.4 is 16.6 Å². The first-order valence-electron chi connectivity index (χ1n) is 13.2. The van der Waals surface area contributed by atoms with E-state index in [0.29, 0.717) is 28.6 Å². The Labute approximate surface area is 220 Å². The zero-order valence-corrected chi connectivity index (χ0v) is 22.3. The predicted octanol–water partition coefficient (Wildman–Crippen LogP) is 3.64. The predicted molar refractivity (Wildman–Crippen MR) is 146 cm³/mol. The second-order valence-corrected chi connectivity index (χ2v) is 10.8. The minimum atomic E-state index is -0.533. The lowest BCUT2D eigenvalue weighted by molar-refractivity contribution is 0.0935. The molecule has 0 bridgehead atoms. The Morgan fingerprint density at radius 2 is 1.79 bits per heavy atom. The zero-order valence-electron chi connectivity index (χ0n) is 22.3. The van der Waals surface area contributed by atoms with Gasteiger partial charge in [-0.2, -0.15) is 0 Å². The lowest BCUT2D eigenvalue weighted by Crippen LogP contribution is -2.33. The molecule has 0 spiro atoms. The van der Waals surface area contributed by atoms with E-state index >= 15 is 0 Å². The number of nitrogens with one attached hydrogen (secondary N) is 1. The van der Waals surface area contributed by atoms with Gasteiger partial charge in [0.25, 0.3) is 11.5 Å². The number of hydrogen-bond acceptors (Lipinski definition) is 5. The Balaban J connectivity index is 1.65. The molecule has 1 aliphatic carbocycles. The average Bonchev–Trinajstić information content (AvgIpc) is 3.50. The summed E-state index contributed by atoms with van der Waals surface area (Å²) in [5.74, 6) is -0.204. The Hall–Kier alpha value is -4.01. The standard InChI is InChI=1S/C29H33N5O4/c1-17(2)15-32-27(37)22-12-11-20(26(36)30-21-7-5-6-8-21)14-24(22)34-28(32)31-33(29(34)38)16-25(35)23-13-18(3)9-10-19(23)4/h9-14,17,21H,5-8,15-16H2,1-4H3,(H,30,36). The molecule has 9 nitrogen and oxygen atoms in total. The Morgan fingerprint density at radius 1 is 1.05 bits per heavy atom. The molecule has 38 heavy (non-hydrogen) atoms. The van der Waals surface area contributed by atoms with E-state index in [2.05, 4.69) is 10.4 Å². The van der Waals surface area contributed by atoms with Crippen molar-refractivity contribution in [3.8, 4) is 0 Å². The van der Waals surface area contributed by atoms with Crippen molar-refractivity contribution in [3.63, 3.8) is 0 Å². The number of ketones is 1. The van der Waals surface area contributed by atoms with Crippen LogP contribution in [0.5, 0.6) is 0 Å². The second kappa shape index (κ2) is 10.0. The van der Waals surface area contributed by atoms with E-state index < -0.39 is 5.69 Å². The van der Waals surface area contributed by atoms with E-state index in [1.54, 1.807) is 24.3 Å². The summed E-state index contributed by atoms with van der Waals surface area (Å²) in [5.41, 5.74) is 2.15. The van der Waals surface area contributed by atoms with Gasteiger partial charge in [-0.25, -0.2) is 13.9 Å². The number of carbonyl (C=O) groups is 2. The van der Waals surface area contributed by atoms with Crippen LogP contribution in [0, 0.1) is 19.8 Å². The molecule has 1 aliphatic rings. The smallest absolute Gasteiger partial charge is 0.349 e. The first kappa shape index (κ1) is 25.6. The van der Waals surface area contributed by atoms with Crippen molar-refractivity contribution < 1.29 is 9.59 Å². The summed E-state index contributed by atoms with van der Waals surface area (Å²) >= 11 is 0. The summed E-state index contributed by atoms with van der Waals surface area (Å²) in [5, 5.41) is 7.84. The van der Waals surface area contributed by atoms with Crippen LogP contribution in [0.2, 0.25) is 0 Å². The SMILES string of the molecule is Cc1ccc(C)c(C(=O)Cn2nc3n(CC(C)C)c(=O)c4ccc(C(=O)NC5CCCC5)cc4n3c2=O)c1. The molecule has 4 aromatic rings. The van der Waals surface area contributed by atoms with E-state index in [1.165, 1.54) is 8.97 Å². The highest BCUT2D eigenvalue weighted by molar-refractivity contribution is 5.98. The van der Waals surface area contributed by atoms with E-state index in [9.17, 15) is 19.2 Å². The molecule has 0 aliphatic heterocycles. The van der Waals surface area contributed by atoms with E-state index in [-0.39, 0.29) is 41.5 Å². The van der Waals surface area contributed by atoms with Gasteiger partial charge in [-0.1, -0.05) is 44.4 Å². The number of amides is 1. The van der Waals surface area contributed by atoms with Gasteiger partial charge < -0.3 is 5.32 Å². The highest BCUT2D eigenvalue weighted by Gasteiger charge is 2.23. The molecule has 2 aromatic carbocycles. The molecule has 0 unspecified atom stereocenters. The highest BCUT2D eigenvalue weighted by Crippen LogP contribution is 2.20. The maximum absolute atomic E-state index is 13.7. The molecule has 0 saturated heterocycles. The molecule has 5 rings (SSSR count). The molecule has 1 N–H and O–H groups in total. The van der Waals surface area contributed by atoms with Gasteiger partial charge in [0.1, 0.15) is 6.54 Å². The van der Waals surface area contributed by atoms with Crippen molar-refractivity contribution >= 4 is 28.4 Å². The number of fused-ring (bicyclic) bond motifs is 3. The van der Waals surface area contributed by atoms with Gasteiger partial charge in [-0.15, -0.1) is 5.10 Å². The minimum Gasteiger partial charge on any atom is -0.349 e. The number of nitrogens with zero attached hydrogens (tertiary/aromatic N) is 4. The lowest BCUT2D eigenvalue weighted by Gasteiger charge is -2.14. The van der Waals surface area contributed by atoms with Crippen LogP contribution in [0.15, 0.2) is 46.0 Å². The van der Waals surface area contributed by atoms with Gasteiger partial charge in [0.05, 0.1) is 10.9 Å². The molecule has 2 aromatic heterocycles. The molecule has 0 atom stereocenters. The summed E-state index contributed by atoms with van der Waals surface area (Å²) in [6.07, 6.45) is 4.08. The molecular weight excluding hydrogens is 482 g/mol. The third-order valence-corrected chi connectivity index (χ3v) is 7.27. The Kier molecular flexibility index (Phi) is 6.77. The van der Waals surface area contributed by atoms with Gasteiger partial charge in [-0.05, 0) is 62.4 Å². The molecule has 2 heterocycles. The van der Waals surface area contributed by atoms with Crippen molar-refractivity contribution in [2.75, 3.05) is 0 Å². The number of benzene rings is 2. The van der Waals surface area contributed by atoms with Crippen LogP contribution in [0.25, 0.3) is 16.7 Å². The van der Waals surface area contributed by atoms with Crippen LogP contribution in [-0.4, -0.2) is 36.5 Å². The number of hydrogen-bond donors (Lipinski definition) is 1. The third-order valence-electron chi connectivity index (χ3n) is 7.27. The fraction of sp³-hybridized carbons (Fsp3) is 0.414. The van der Waals surface area contributed by atoms with Crippen LogP contribution in [0.3, 0.4) is 0 Å². The van der Waals surface area contributed by atoms with Crippen LogP contribution in [-0.2, 0) is 13.1 Å². The highest BCUT2D eigenvalue weighted by atomic mass is 16.2. The first-order valence-corrected chi connectivity index (χ1v) is 13.2. The van der Waals surface area contributed by atoms with E-state index in [0.717, 1.165) is 41.5 Å². The second-order valence-electron chi connectivity index (χ2n) is 10.8.